The van der Waals surface area contributed by atoms with Gasteiger partial charge < -0.3 is 10.5 Å². The van der Waals surface area contributed by atoms with Crippen LogP contribution in [0, 0.1) is 0 Å². The quantitative estimate of drug-likeness (QED) is 0.876. The zero-order valence-corrected chi connectivity index (χ0v) is 10.7. The summed E-state index contributed by atoms with van der Waals surface area (Å²) in [6, 6.07) is 5.21. The maximum atomic E-state index is 6.15. The Labute approximate surface area is 101 Å². The van der Waals surface area contributed by atoms with Gasteiger partial charge in [0.1, 0.15) is 0 Å². The van der Waals surface area contributed by atoms with E-state index in [0.717, 1.165) is 19.8 Å². The lowest BCUT2D eigenvalue weighted by Gasteiger charge is -2.40. The molecule has 0 saturated carbocycles. The van der Waals surface area contributed by atoms with Crippen LogP contribution in [0.4, 0.5) is 0 Å². The molecule has 0 amide bonds. The van der Waals surface area contributed by atoms with Crippen molar-refractivity contribution in [2.75, 3.05) is 19.8 Å². The first-order chi connectivity index (χ1) is 7.70. The van der Waals surface area contributed by atoms with Gasteiger partial charge in [-0.1, -0.05) is 6.07 Å². The van der Waals surface area contributed by atoms with Crippen molar-refractivity contribution in [3.8, 4) is 0 Å². The van der Waals surface area contributed by atoms with Gasteiger partial charge in [-0.05, 0) is 25.3 Å². The number of rotatable bonds is 3. The predicted octanol–water partition coefficient (Wildman–Crippen LogP) is 1.86. The van der Waals surface area contributed by atoms with Crippen LogP contribution in [-0.2, 0) is 4.74 Å². The van der Waals surface area contributed by atoms with E-state index in [-0.39, 0.29) is 6.04 Å². The predicted molar refractivity (Wildman–Crippen MR) is 67.7 cm³/mol. The number of nitrogens with two attached hydrogens (primary N) is 1. The van der Waals surface area contributed by atoms with E-state index < -0.39 is 0 Å². The molecule has 4 heteroatoms. The first-order valence-electron chi connectivity index (χ1n) is 5.82. The van der Waals surface area contributed by atoms with Gasteiger partial charge in [-0.2, -0.15) is 0 Å². The Balaban J connectivity index is 2.18. The molecule has 1 aromatic rings. The van der Waals surface area contributed by atoms with E-state index in [1.807, 2.05) is 0 Å². The summed E-state index contributed by atoms with van der Waals surface area (Å²) in [5.74, 6) is 0. The summed E-state index contributed by atoms with van der Waals surface area (Å²) in [7, 11) is 0. The Morgan fingerprint density at radius 3 is 3.00 bits per heavy atom. The van der Waals surface area contributed by atoms with Gasteiger partial charge in [0.05, 0.1) is 19.3 Å². The van der Waals surface area contributed by atoms with Crippen molar-refractivity contribution >= 4 is 11.3 Å². The highest BCUT2D eigenvalue weighted by molar-refractivity contribution is 7.10. The average molecular weight is 240 g/mol. The zero-order chi connectivity index (χ0) is 11.5. The fraction of sp³-hybridized carbons (Fsp3) is 0.667. The second-order valence-corrected chi connectivity index (χ2v) is 5.46. The number of morpholine rings is 1. The topological polar surface area (TPSA) is 38.5 Å². The Kier molecular flexibility index (Phi) is 3.97. The van der Waals surface area contributed by atoms with Gasteiger partial charge in [-0.3, -0.25) is 4.90 Å². The molecule has 1 saturated heterocycles. The molecule has 0 aromatic carbocycles. The van der Waals surface area contributed by atoms with E-state index in [1.54, 1.807) is 11.3 Å². The van der Waals surface area contributed by atoms with Crippen molar-refractivity contribution in [3.05, 3.63) is 22.4 Å². The van der Waals surface area contributed by atoms with E-state index in [9.17, 15) is 0 Å². The highest BCUT2D eigenvalue weighted by atomic mass is 32.1. The van der Waals surface area contributed by atoms with Gasteiger partial charge in [0.15, 0.2) is 0 Å². The summed E-state index contributed by atoms with van der Waals surface area (Å²) < 4.78 is 5.48. The third kappa shape index (κ3) is 2.46. The first kappa shape index (κ1) is 12.0. The van der Waals surface area contributed by atoms with Crippen LogP contribution in [0.5, 0.6) is 0 Å². The number of hydrogen-bond acceptors (Lipinski definition) is 4. The van der Waals surface area contributed by atoms with Crippen LogP contribution in [0.3, 0.4) is 0 Å². The van der Waals surface area contributed by atoms with Crippen LogP contribution in [-0.4, -0.2) is 36.7 Å². The third-order valence-corrected chi connectivity index (χ3v) is 4.05. The zero-order valence-electron chi connectivity index (χ0n) is 9.93. The summed E-state index contributed by atoms with van der Waals surface area (Å²) in [6.45, 7) is 6.91. The number of thiophene rings is 1. The molecule has 90 valence electrons. The van der Waals surface area contributed by atoms with Crippen LogP contribution in [0.2, 0.25) is 0 Å². The van der Waals surface area contributed by atoms with E-state index in [1.165, 1.54) is 4.88 Å². The fourth-order valence-electron chi connectivity index (χ4n) is 2.34. The van der Waals surface area contributed by atoms with E-state index in [4.69, 9.17) is 10.5 Å². The molecule has 1 aliphatic rings. The maximum absolute atomic E-state index is 6.15. The minimum atomic E-state index is 0.152. The molecular weight excluding hydrogens is 220 g/mol. The standard InChI is InChI=1S/C12H20N2OS/c1-9-8-15-6-5-14(9)12(10(2)13)11-4-3-7-16-11/h3-4,7,9-10,12H,5-6,8,13H2,1-2H3. The molecule has 16 heavy (non-hydrogen) atoms. The van der Waals surface area contributed by atoms with Gasteiger partial charge in [-0.25, -0.2) is 0 Å². The molecule has 2 rings (SSSR count). The van der Waals surface area contributed by atoms with Crippen molar-refractivity contribution < 1.29 is 4.74 Å². The summed E-state index contributed by atoms with van der Waals surface area (Å²) in [4.78, 5) is 3.84. The molecule has 0 radical (unpaired) electrons. The lowest BCUT2D eigenvalue weighted by atomic mass is 10.0. The Morgan fingerprint density at radius 2 is 2.44 bits per heavy atom. The van der Waals surface area contributed by atoms with Gasteiger partial charge in [0.25, 0.3) is 0 Å². The minimum Gasteiger partial charge on any atom is -0.379 e. The molecule has 1 fully saturated rings. The van der Waals surface area contributed by atoms with Crippen molar-refractivity contribution in [3.63, 3.8) is 0 Å². The molecule has 1 aromatic heterocycles. The van der Waals surface area contributed by atoms with Crippen LogP contribution < -0.4 is 5.73 Å². The monoisotopic (exact) mass is 240 g/mol. The van der Waals surface area contributed by atoms with E-state index in [2.05, 4.69) is 36.3 Å². The molecule has 3 unspecified atom stereocenters. The number of hydrogen-bond donors (Lipinski definition) is 1. The first-order valence-corrected chi connectivity index (χ1v) is 6.70. The number of ether oxygens (including phenoxy) is 1. The molecule has 2 N–H and O–H groups in total. The van der Waals surface area contributed by atoms with Crippen LogP contribution >= 0.6 is 11.3 Å². The third-order valence-electron chi connectivity index (χ3n) is 3.11. The summed E-state index contributed by atoms with van der Waals surface area (Å²) in [6.07, 6.45) is 0. The van der Waals surface area contributed by atoms with Crippen LogP contribution in [0.1, 0.15) is 24.8 Å². The van der Waals surface area contributed by atoms with Crippen molar-refractivity contribution in [2.24, 2.45) is 5.73 Å². The summed E-state index contributed by atoms with van der Waals surface area (Å²) >= 11 is 1.79. The molecule has 0 spiro atoms. The number of nitrogens with zero attached hydrogens (tertiary/aromatic N) is 1. The van der Waals surface area contributed by atoms with Crippen molar-refractivity contribution in [2.45, 2.75) is 32.0 Å². The van der Waals surface area contributed by atoms with Gasteiger partial charge >= 0.3 is 0 Å². The molecule has 3 nitrogen and oxygen atoms in total. The highest BCUT2D eigenvalue weighted by Crippen LogP contribution is 2.30. The smallest absolute Gasteiger partial charge is 0.0620 e. The van der Waals surface area contributed by atoms with E-state index >= 15 is 0 Å². The molecule has 0 bridgehead atoms. The van der Waals surface area contributed by atoms with Gasteiger partial charge in [-0.15, -0.1) is 11.3 Å². The SMILES string of the molecule is CC(N)C(c1cccs1)N1CCOCC1C. The second-order valence-electron chi connectivity index (χ2n) is 4.48. The molecular formula is C12H20N2OS. The molecule has 2 heterocycles. The summed E-state index contributed by atoms with van der Waals surface area (Å²) in [5.41, 5.74) is 6.15. The molecule has 1 aliphatic heterocycles. The molecule has 3 atom stereocenters. The van der Waals surface area contributed by atoms with Crippen LogP contribution in [0.25, 0.3) is 0 Å². The lowest BCUT2D eigenvalue weighted by molar-refractivity contribution is -0.0261. The van der Waals surface area contributed by atoms with Crippen molar-refractivity contribution in [1.82, 2.24) is 4.90 Å². The highest BCUT2D eigenvalue weighted by Gasteiger charge is 2.30. The molecule has 0 aliphatic carbocycles. The minimum absolute atomic E-state index is 0.152. The largest absolute Gasteiger partial charge is 0.379 e. The Hall–Kier alpha value is -0.420. The lowest BCUT2D eigenvalue weighted by Crippen LogP contribution is -2.49. The second kappa shape index (κ2) is 5.27. The van der Waals surface area contributed by atoms with Gasteiger partial charge in [0.2, 0.25) is 0 Å². The maximum Gasteiger partial charge on any atom is 0.0620 e. The normalized spacial score (nSPS) is 26.6. The fourth-order valence-corrected chi connectivity index (χ4v) is 3.30. The van der Waals surface area contributed by atoms with Crippen molar-refractivity contribution in [1.29, 1.82) is 0 Å². The Bertz CT molecular complexity index is 313. The summed E-state index contributed by atoms with van der Waals surface area (Å²) in [5, 5.41) is 2.12. The van der Waals surface area contributed by atoms with E-state index in [0.29, 0.717) is 12.1 Å². The Morgan fingerprint density at radius 1 is 1.62 bits per heavy atom. The van der Waals surface area contributed by atoms with Gasteiger partial charge in [0, 0.05) is 23.5 Å². The van der Waals surface area contributed by atoms with Crippen LogP contribution in [0.15, 0.2) is 17.5 Å². The average Bonchev–Trinajstić information content (AvgIpc) is 2.74.